The number of hydrogen-bond acceptors (Lipinski definition) is 0. The van der Waals surface area contributed by atoms with Crippen LogP contribution in [0.5, 0.6) is 0 Å². The molecule has 3 fully saturated rings. The van der Waals surface area contributed by atoms with E-state index < -0.39 is 0 Å². The fourth-order valence-corrected chi connectivity index (χ4v) is 4.45. The first-order chi connectivity index (χ1) is 6.34. The van der Waals surface area contributed by atoms with Crippen LogP contribution >= 0.6 is 0 Å². The van der Waals surface area contributed by atoms with Gasteiger partial charge in [0.1, 0.15) is 0 Å². The fourth-order valence-electron chi connectivity index (χ4n) is 4.45. The van der Waals surface area contributed by atoms with Gasteiger partial charge in [-0.2, -0.15) is 0 Å². The summed E-state index contributed by atoms with van der Waals surface area (Å²) in [7, 11) is 0. The predicted molar refractivity (Wildman–Crippen MR) is 53.2 cm³/mol. The van der Waals surface area contributed by atoms with E-state index in [1.165, 1.54) is 24.2 Å². The van der Waals surface area contributed by atoms with Crippen molar-refractivity contribution in [3.63, 3.8) is 0 Å². The van der Waals surface area contributed by atoms with Gasteiger partial charge < -0.3 is 0 Å². The molecule has 5 unspecified atom stereocenters. The van der Waals surface area contributed by atoms with Gasteiger partial charge in [0.15, 0.2) is 0 Å². The molecule has 13 heavy (non-hydrogen) atoms. The van der Waals surface area contributed by atoms with Gasteiger partial charge in [0, 0.05) is 0 Å². The molecule has 0 saturated heterocycles. The maximum atomic E-state index is 2.61. The molecule has 4 rings (SSSR count). The molecule has 4 aliphatic rings. The quantitative estimate of drug-likeness (QED) is 0.535. The first-order valence-corrected chi connectivity index (χ1v) is 6.06. The lowest BCUT2D eigenvalue weighted by Crippen LogP contribution is -2.27. The van der Waals surface area contributed by atoms with Gasteiger partial charge in [0.2, 0.25) is 0 Å². The smallest absolute Gasteiger partial charge is 0.0161 e. The lowest BCUT2D eigenvalue weighted by atomic mass is 9.68. The van der Waals surface area contributed by atoms with Crippen LogP contribution in [-0.4, -0.2) is 0 Å². The molecule has 0 aromatic rings. The molecule has 70 valence electrons. The van der Waals surface area contributed by atoms with E-state index in [0.29, 0.717) is 0 Å². The van der Waals surface area contributed by atoms with Crippen molar-refractivity contribution in [2.24, 2.45) is 35.5 Å². The highest BCUT2D eigenvalue weighted by Crippen LogP contribution is 2.70. The molecule has 0 radical (unpaired) electrons. The minimum Gasteiger partial charge on any atom is -0.0819 e. The molecule has 3 saturated carbocycles. The monoisotopic (exact) mass is 174 g/mol. The summed E-state index contributed by atoms with van der Waals surface area (Å²) in [5.41, 5.74) is 1.90. The van der Waals surface area contributed by atoms with Crippen LogP contribution in [0.1, 0.15) is 32.6 Å². The van der Waals surface area contributed by atoms with Crippen molar-refractivity contribution in [2.75, 3.05) is 0 Å². The summed E-state index contributed by atoms with van der Waals surface area (Å²) in [5.74, 6) is 6.59. The molecule has 5 atom stereocenters. The minimum absolute atomic E-state index is 0.904. The SMILES string of the molecule is CC1C=C2C(C1)CC2C1C2CCC21. The van der Waals surface area contributed by atoms with Crippen molar-refractivity contribution in [1.82, 2.24) is 0 Å². The summed E-state index contributed by atoms with van der Waals surface area (Å²) in [5, 5.41) is 0. The van der Waals surface area contributed by atoms with Gasteiger partial charge in [0.25, 0.3) is 0 Å². The second-order valence-corrected chi connectivity index (χ2v) is 5.90. The molecular weight excluding hydrogens is 156 g/mol. The Morgan fingerprint density at radius 1 is 1.15 bits per heavy atom. The van der Waals surface area contributed by atoms with Crippen molar-refractivity contribution in [3.05, 3.63) is 11.6 Å². The third-order valence-corrected chi connectivity index (χ3v) is 5.27. The lowest BCUT2D eigenvalue weighted by molar-refractivity contribution is 0.273. The Balaban J connectivity index is 1.56. The Hall–Kier alpha value is -0.260. The lowest BCUT2D eigenvalue weighted by Gasteiger charge is -2.36. The third kappa shape index (κ3) is 0.742. The molecule has 0 N–H and O–H groups in total. The van der Waals surface area contributed by atoms with E-state index >= 15 is 0 Å². The maximum Gasteiger partial charge on any atom is -0.0161 e. The molecular formula is C13H18. The molecule has 0 spiro atoms. The van der Waals surface area contributed by atoms with Gasteiger partial charge in [-0.1, -0.05) is 18.6 Å². The van der Waals surface area contributed by atoms with Crippen molar-refractivity contribution >= 4 is 0 Å². The molecule has 4 aliphatic carbocycles. The average Bonchev–Trinajstić information content (AvgIpc) is 2.40. The van der Waals surface area contributed by atoms with E-state index in [2.05, 4.69) is 13.0 Å². The van der Waals surface area contributed by atoms with Gasteiger partial charge in [-0.25, -0.2) is 0 Å². The van der Waals surface area contributed by atoms with Crippen molar-refractivity contribution in [1.29, 1.82) is 0 Å². The Kier molecular flexibility index (Phi) is 1.11. The van der Waals surface area contributed by atoms with E-state index in [0.717, 1.165) is 17.8 Å². The zero-order chi connectivity index (χ0) is 8.58. The van der Waals surface area contributed by atoms with Crippen LogP contribution in [0.3, 0.4) is 0 Å². The van der Waals surface area contributed by atoms with Gasteiger partial charge in [-0.3, -0.25) is 0 Å². The van der Waals surface area contributed by atoms with Gasteiger partial charge >= 0.3 is 0 Å². The first kappa shape index (κ1) is 7.09. The summed E-state index contributed by atoms with van der Waals surface area (Å²) in [6.07, 6.45) is 8.79. The Morgan fingerprint density at radius 3 is 2.54 bits per heavy atom. The highest BCUT2D eigenvalue weighted by molar-refractivity contribution is 5.30. The van der Waals surface area contributed by atoms with E-state index in [1.807, 2.05) is 5.57 Å². The summed E-state index contributed by atoms with van der Waals surface area (Å²) in [6.45, 7) is 2.39. The fraction of sp³-hybridized carbons (Fsp3) is 0.846. The molecule has 0 aromatic heterocycles. The molecule has 0 heteroatoms. The number of fused-ring (bicyclic) bond motifs is 2. The minimum atomic E-state index is 0.904. The van der Waals surface area contributed by atoms with Gasteiger partial charge in [0.05, 0.1) is 0 Å². The molecule has 0 aliphatic heterocycles. The summed E-state index contributed by atoms with van der Waals surface area (Å²) >= 11 is 0. The molecule has 0 nitrogen and oxygen atoms in total. The van der Waals surface area contributed by atoms with Crippen LogP contribution in [-0.2, 0) is 0 Å². The summed E-state index contributed by atoms with van der Waals surface area (Å²) in [4.78, 5) is 0. The molecule has 0 amide bonds. The van der Waals surface area contributed by atoms with E-state index in [-0.39, 0.29) is 0 Å². The predicted octanol–water partition coefficient (Wildman–Crippen LogP) is 3.24. The van der Waals surface area contributed by atoms with E-state index in [9.17, 15) is 0 Å². The first-order valence-electron chi connectivity index (χ1n) is 6.06. The van der Waals surface area contributed by atoms with Crippen LogP contribution in [0, 0.1) is 35.5 Å². The van der Waals surface area contributed by atoms with Crippen LogP contribution in [0.15, 0.2) is 11.6 Å². The van der Waals surface area contributed by atoms with E-state index in [4.69, 9.17) is 0 Å². The molecule has 0 bridgehead atoms. The van der Waals surface area contributed by atoms with Gasteiger partial charge in [-0.15, -0.1) is 0 Å². The largest absolute Gasteiger partial charge is 0.0819 e. The Bertz CT molecular complexity index is 278. The van der Waals surface area contributed by atoms with Crippen molar-refractivity contribution < 1.29 is 0 Å². The van der Waals surface area contributed by atoms with Crippen LogP contribution in [0.4, 0.5) is 0 Å². The summed E-state index contributed by atoms with van der Waals surface area (Å²) in [6, 6.07) is 0. The molecule has 0 heterocycles. The standard InChI is InChI=1S/C13H18/c1-7-4-8-6-12(11(8)5-7)13-9-2-3-10(9)13/h5,7-10,12-13H,2-4,6H2,1H3. The summed E-state index contributed by atoms with van der Waals surface area (Å²) < 4.78 is 0. The van der Waals surface area contributed by atoms with E-state index in [1.54, 1.807) is 19.3 Å². The normalized spacial score (nSPS) is 61.5. The number of allylic oxidation sites excluding steroid dienone is 2. The van der Waals surface area contributed by atoms with Crippen molar-refractivity contribution in [3.8, 4) is 0 Å². The van der Waals surface area contributed by atoms with Crippen LogP contribution in [0.2, 0.25) is 0 Å². The Morgan fingerprint density at radius 2 is 1.92 bits per heavy atom. The molecule has 0 aromatic carbocycles. The zero-order valence-corrected chi connectivity index (χ0v) is 8.37. The third-order valence-electron chi connectivity index (χ3n) is 5.27. The number of rotatable bonds is 1. The van der Waals surface area contributed by atoms with Crippen LogP contribution < -0.4 is 0 Å². The highest BCUT2D eigenvalue weighted by Gasteiger charge is 2.62. The van der Waals surface area contributed by atoms with Crippen molar-refractivity contribution in [2.45, 2.75) is 32.6 Å². The highest BCUT2D eigenvalue weighted by atomic mass is 14.7. The topological polar surface area (TPSA) is 0 Å². The Labute approximate surface area is 80.4 Å². The van der Waals surface area contributed by atoms with Crippen LogP contribution in [0.25, 0.3) is 0 Å². The second kappa shape index (κ2) is 2.04. The average molecular weight is 174 g/mol. The van der Waals surface area contributed by atoms with Gasteiger partial charge in [-0.05, 0) is 61.2 Å². The maximum absolute atomic E-state index is 2.61. The zero-order valence-electron chi connectivity index (χ0n) is 8.37. The number of hydrogen-bond donors (Lipinski definition) is 0. The second-order valence-electron chi connectivity index (χ2n) is 5.90.